The Labute approximate surface area is 95.5 Å². The summed E-state index contributed by atoms with van der Waals surface area (Å²) in [5.74, 6) is -1.29. The molecule has 0 unspecified atom stereocenters. The van der Waals surface area contributed by atoms with Gasteiger partial charge < -0.3 is 4.57 Å². The van der Waals surface area contributed by atoms with E-state index in [2.05, 4.69) is 10.2 Å². The molecule has 2 rings (SSSR count). The number of aromatic nitrogens is 3. The number of aryl methyl sites for hydroxylation is 1. The van der Waals surface area contributed by atoms with Crippen LogP contribution < -0.4 is 0 Å². The van der Waals surface area contributed by atoms with Gasteiger partial charge >= 0.3 is 0 Å². The van der Waals surface area contributed by atoms with E-state index in [1.165, 1.54) is 17.8 Å². The van der Waals surface area contributed by atoms with Gasteiger partial charge in [0.25, 0.3) is 0 Å². The van der Waals surface area contributed by atoms with E-state index in [9.17, 15) is 8.78 Å². The van der Waals surface area contributed by atoms with E-state index in [4.69, 9.17) is 0 Å². The van der Waals surface area contributed by atoms with Gasteiger partial charge in [-0.1, -0.05) is 23.9 Å². The monoisotopic (exact) mass is 241 g/mol. The molecule has 84 valence electrons. The van der Waals surface area contributed by atoms with Crippen molar-refractivity contribution in [3.05, 3.63) is 41.7 Å². The Morgan fingerprint density at radius 1 is 1.38 bits per heavy atom. The lowest BCUT2D eigenvalue weighted by Crippen LogP contribution is -1.94. The molecular formula is C10H9F2N3S. The van der Waals surface area contributed by atoms with E-state index in [-0.39, 0.29) is 0 Å². The van der Waals surface area contributed by atoms with Crippen LogP contribution in [0.3, 0.4) is 0 Å². The van der Waals surface area contributed by atoms with Crippen LogP contribution in [0.4, 0.5) is 8.78 Å². The number of nitrogens with zero attached hydrogens (tertiary/aromatic N) is 3. The molecule has 0 aliphatic heterocycles. The van der Waals surface area contributed by atoms with Gasteiger partial charge in [0.05, 0.1) is 0 Å². The molecule has 16 heavy (non-hydrogen) atoms. The fourth-order valence-electron chi connectivity index (χ4n) is 1.21. The average molecular weight is 241 g/mol. The van der Waals surface area contributed by atoms with Gasteiger partial charge in [-0.2, -0.15) is 0 Å². The van der Waals surface area contributed by atoms with E-state index in [1.54, 1.807) is 24.0 Å². The lowest BCUT2D eigenvalue weighted by atomic mass is 10.2. The molecule has 0 radical (unpaired) electrons. The number of hydrogen-bond acceptors (Lipinski definition) is 3. The van der Waals surface area contributed by atoms with Gasteiger partial charge in [0.1, 0.15) is 6.33 Å². The van der Waals surface area contributed by atoms with Gasteiger partial charge in [0.15, 0.2) is 16.8 Å². The number of benzene rings is 1. The highest BCUT2D eigenvalue weighted by atomic mass is 32.2. The minimum atomic E-state index is -0.823. The van der Waals surface area contributed by atoms with Crippen LogP contribution in [0.5, 0.6) is 0 Å². The highest BCUT2D eigenvalue weighted by Gasteiger charge is 2.09. The summed E-state index contributed by atoms with van der Waals surface area (Å²) in [5, 5.41) is 8.21. The van der Waals surface area contributed by atoms with Gasteiger partial charge in [-0.05, 0) is 6.07 Å². The highest BCUT2D eigenvalue weighted by Crippen LogP contribution is 2.22. The first-order chi connectivity index (χ1) is 7.68. The normalized spacial score (nSPS) is 10.7. The zero-order valence-electron chi connectivity index (χ0n) is 8.52. The maximum absolute atomic E-state index is 13.3. The number of halogens is 2. The molecule has 2 aromatic rings. The van der Waals surface area contributed by atoms with Gasteiger partial charge in [-0.25, -0.2) is 8.78 Å². The molecule has 0 N–H and O–H groups in total. The molecule has 0 fully saturated rings. The minimum absolute atomic E-state index is 0.327. The molecule has 0 spiro atoms. The second kappa shape index (κ2) is 4.61. The standard InChI is InChI=1S/C10H9F2N3S/c1-15-6-13-14-10(15)16-5-7-3-2-4-8(11)9(7)12/h2-4,6H,5H2,1H3. The summed E-state index contributed by atoms with van der Waals surface area (Å²) in [6, 6.07) is 4.15. The number of thioether (sulfide) groups is 1. The Kier molecular flexibility index (Phi) is 3.19. The Hall–Kier alpha value is -1.43. The second-order valence-electron chi connectivity index (χ2n) is 3.23. The third kappa shape index (κ3) is 2.21. The van der Waals surface area contributed by atoms with E-state index in [1.807, 2.05) is 0 Å². The van der Waals surface area contributed by atoms with Crippen molar-refractivity contribution < 1.29 is 8.78 Å². The fraction of sp³-hybridized carbons (Fsp3) is 0.200. The van der Waals surface area contributed by atoms with Crippen LogP contribution in [0.1, 0.15) is 5.56 Å². The molecule has 3 nitrogen and oxygen atoms in total. The summed E-state index contributed by atoms with van der Waals surface area (Å²) in [5.41, 5.74) is 0.327. The molecule has 0 aliphatic carbocycles. The molecule has 0 saturated heterocycles. The van der Waals surface area contributed by atoms with Crippen molar-refractivity contribution in [3.8, 4) is 0 Å². The van der Waals surface area contributed by atoms with E-state index in [0.717, 1.165) is 6.07 Å². The molecule has 1 heterocycles. The van der Waals surface area contributed by atoms with E-state index >= 15 is 0 Å². The molecule has 6 heteroatoms. The van der Waals surface area contributed by atoms with Crippen molar-refractivity contribution in [2.24, 2.45) is 7.05 Å². The number of rotatable bonds is 3. The molecule has 0 bridgehead atoms. The molecular weight excluding hydrogens is 232 g/mol. The van der Waals surface area contributed by atoms with Crippen molar-refractivity contribution >= 4 is 11.8 Å². The largest absolute Gasteiger partial charge is 0.312 e. The maximum Gasteiger partial charge on any atom is 0.191 e. The SMILES string of the molecule is Cn1cnnc1SCc1cccc(F)c1F. The number of hydrogen-bond donors (Lipinski definition) is 0. The van der Waals surface area contributed by atoms with Crippen LogP contribution >= 0.6 is 11.8 Å². The summed E-state index contributed by atoms with van der Waals surface area (Å²) in [6.07, 6.45) is 1.56. The van der Waals surface area contributed by atoms with Gasteiger partial charge in [0.2, 0.25) is 0 Å². The third-order valence-corrected chi connectivity index (χ3v) is 3.14. The quantitative estimate of drug-likeness (QED) is 0.773. The van der Waals surface area contributed by atoms with Crippen LogP contribution in [-0.4, -0.2) is 14.8 Å². The van der Waals surface area contributed by atoms with Crippen LogP contribution in [0.2, 0.25) is 0 Å². The summed E-state index contributed by atoms with van der Waals surface area (Å²) in [6.45, 7) is 0. The van der Waals surface area contributed by atoms with Crippen LogP contribution in [0, 0.1) is 11.6 Å². The second-order valence-corrected chi connectivity index (χ2v) is 4.17. The van der Waals surface area contributed by atoms with Crippen molar-refractivity contribution in [2.45, 2.75) is 10.9 Å². The predicted octanol–water partition coefficient (Wildman–Crippen LogP) is 2.39. The maximum atomic E-state index is 13.3. The fourth-order valence-corrected chi connectivity index (χ4v) is 2.07. The van der Waals surface area contributed by atoms with E-state index in [0.29, 0.717) is 16.5 Å². The van der Waals surface area contributed by atoms with Crippen LogP contribution in [0.15, 0.2) is 29.7 Å². The molecule has 1 aromatic carbocycles. The Balaban J connectivity index is 2.11. The average Bonchev–Trinajstić information content (AvgIpc) is 2.67. The van der Waals surface area contributed by atoms with E-state index < -0.39 is 11.6 Å². The predicted molar refractivity (Wildman–Crippen MR) is 56.9 cm³/mol. The Bertz CT molecular complexity index is 499. The lowest BCUT2D eigenvalue weighted by Gasteiger charge is -2.03. The third-order valence-electron chi connectivity index (χ3n) is 2.06. The highest BCUT2D eigenvalue weighted by molar-refractivity contribution is 7.98. The molecule has 0 aliphatic rings. The van der Waals surface area contributed by atoms with Crippen LogP contribution in [0.25, 0.3) is 0 Å². The molecule has 0 saturated carbocycles. The lowest BCUT2D eigenvalue weighted by molar-refractivity contribution is 0.502. The summed E-state index contributed by atoms with van der Waals surface area (Å²) in [7, 11) is 1.80. The van der Waals surface area contributed by atoms with Gasteiger partial charge in [-0.3, -0.25) is 0 Å². The first-order valence-corrected chi connectivity index (χ1v) is 5.56. The first kappa shape index (κ1) is 11.1. The summed E-state index contributed by atoms with van der Waals surface area (Å²) < 4.78 is 27.9. The zero-order chi connectivity index (χ0) is 11.5. The van der Waals surface area contributed by atoms with Crippen LogP contribution in [-0.2, 0) is 12.8 Å². The zero-order valence-corrected chi connectivity index (χ0v) is 9.34. The van der Waals surface area contributed by atoms with Crippen molar-refractivity contribution in [1.29, 1.82) is 0 Å². The first-order valence-electron chi connectivity index (χ1n) is 4.58. The summed E-state index contributed by atoms with van der Waals surface area (Å²) in [4.78, 5) is 0. The summed E-state index contributed by atoms with van der Waals surface area (Å²) >= 11 is 1.31. The van der Waals surface area contributed by atoms with Crippen molar-refractivity contribution in [2.75, 3.05) is 0 Å². The van der Waals surface area contributed by atoms with Gasteiger partial charge in [0, 0.05) is 18.4 Å². The minimum Gasteiger partial charge on any atom is -0.312 e. The van der Waals surface area contributed by atoms with Crippen molar-refractivity contribution in [1.82, 2.24) is 14.8 Å². The van der Waals surface area contributed by atoms with Gasteiger partial charge in [-0.15, -0.1) is 10.2 Å². The Morgan fingerprint density at radius 3 is 2.88 bits per heavy atom. The Morgan fingerprint density at radius 2 is 2.19 bits per heavy atom. The van der Waals surface area contributed by atoms with Crippen molar-refractivity contribution in [3.63, 3.8) is 0 Å². The molecule has 0 amide bonds. The smallest absolute Gasteiger partial charge is 0.191 e. The topological polar surface area (TPSA) is 30.7 Å². The molecule has 1 aromatic heterocycles. The molecule has 0 atom stereocenters.